The Bertz CT molecular complexity index is 1030. The normalized spacial score (nSPS) is 16.2. The van der Waals surface area contributed by atoms with Crippen molar-refractivity contribution in [1.82, 2.24) is 24.8 Å². The number of fused-ring (bicyclic) bond motifs is 3. The summed E-state index contributed by atoms with van der Waals surface area (Å²) in [5.41, 5.74) is 5.01. The Morgan fingerprint density at radius 3 is 2.73 bits per heavy atom. The van der Waals surface area contributed by atoms with Crippen LogP contribution in [0.3, 0.4) is 0 Å². The number of benzene rings is 1. The minimum Gasteiger partial charge on any atom is -0.356 e. The van der Waals surface area contributed by atoms with Crippen molar-refractivity contribution < 1.29 is 4.79 Å². The molecule has 1 unspecified atom stereocenters. The maximum Gasteiger partial charge on any atom is 0.220 e. The molecule has 6 nitrogen and oxygen atoms in total. The van der Waals surface area contributed by atoms with Gasteiger partial charge in [0.25, 0.3) is 0 Å². The highest BCUT2D eigenvalue weighted by atomic mass is 16.1. The number of nitrogens with zero attached hydrogens (tertiary/aromatic N) is 4. The molecular formula is C24H33N5O. The molecule has 6 heteroatoms. The van der Waals surface area contributed by atoms with Gasteiger partial charge in [0.1, 0.15) is 0 Å². The molecule has 0 bridgehead atoms. The van der Waals surface area contributed by atoms with Gasteiger partial charge in [0.15, 0.2) is 5.65 Å². The molecule has 1 aromatic carbocycles. The highest BCUT2D eigenvalue weighted by molar-refractivity contribution is 5.92. The Balaban J connectivity index is 1.36. The van der Waals surface area contributed by atoms with Crippen LogP contribution in [0, 0.1) is 19.8 Å². The van der Waals surface area contributed by atoms with Crippen molar-refractivity contribution in [3.8, 4) is 0 Å². The second-order valence-electron chi connectivity index (χ2n) is 8.78. The van der Waals surface area contributed by atoms with Gasteiger partial charge in [0.05, 0.1) is 5.52 Å². The van der Waals surface area contributed by atoms with Gasteiger partial charge < -0.3 is 10.2 Å². The van der Waals surface area contributed by atoms with E-state index in [4.69, 9.17) is 10.1 Å². The number of aryl methyl sites for hydroxylation is 2. The Morgan fingerprint density at radius 2 is 1.93 bits per heavy atom. The fourth-order valence-corrected chi connectivity index (χ4v) is 4.60. The number of hydrogen-bond acceptors (Lipinski definition) is 4. The topological polar surface area (TPSA) is 62.5 Å². The molecule has 30 heavy (non-hydrogen) atoms. The highest BCUT2D eigenvalue weighted by Gasteiger charge is 2.16. The number of piperidine rings is 1. The van der Waals surface area contributed by atoms with Gasteiger partial charge >= 0.3 is 0 Å². The predicted molar refractivity (Wildman–Crippen MR) is 121 cm³/mol. The van der Waals surface area contributed by atoms with Crippen LogP contribution < -0.4 is 5.32 Å². The molecule has 2 aromatic heterocycles. The summed E-state index contributed by atoms with van der Waals surface area (Å²) in [6.45, 7) is 10.6. The van der Waals surface area contributed by atoms with E-state index in [9.17, 15) is 4.79 Å². The number of hydrogen-bond donors (Lipinski definition) is 1. The van der Waals surface area contributed by atoms with Crippen molar-refractivity contribution in [1.29, 1.82) is 0 Å². The number of rotatable bonds is 7. The summed E-state index contributed by atoms with van der Waals surface area (Å²) in [6, 6.07) is 8.08. The Hall–Kier alpha value is -2.47. The summed E-state index contributed by atoms with van der Waals surface area (Å²) >= 11 is 0. The molecule has 1 fully saturated rings. The van der Waals surface area contributed by atoms with Gasteiger partial charge in [-0.3, -0.25) is 4.79 Å². The van der Waals surface area contributed by atoms with Gasteiger partial charge in [0, 0.05) is 36.3 Å². The lowest BCUT2D eigenvalue weighted by Gasteiger charge is -2.29. The first kappa shape index (κ1) is 20.8. The van der Waals surface area contributed by atoms with Crippen molar-refractivity contribution in [2.75, 3.05) is 26.2 Å². The zero-order chi connectivity index (χ0) is 21.1. The largest absolute Gasteiger partial charge is 0.356 e. The Morgan fingerprint density at radius 1 is 1.17 bits per heavy atom. The van der Waals surface area contributed by atoms with Crippen molar-refractivity contribution >= 4 is 22.5 Å². The summed E-state index contributed by atoms with van der Waals surface area (Å²) in [5.74, 6) is 0.593. The van der Waals surface area contributed by atoms with E-state index in [0.29, 0.717) is 18.8 Å². The molecular weight excluding hydrogens is 374 g/mol. The average molecular weight is 408 g/mol. The lowest BCUT2D eigenvalue weighted by molar-refractivity contribution is -0.121. The number of likely N-dealkylation sites (tertiary alicyclic amines) is 1. The third-order valence-corrected chi connectivity index (χ3v) is 6.29. The minimum atomic E-state index is 0.116. The summed E-state index contributed by atoms with van der Waals surface area (Å²) in [4.78, 5) is 19.8. The summed E-state index contributed by atoms with van der Waals surface area (Å²) < 4.78 is 1.92. The molecule has 3 heterocycles. The second-order valence-corrected chi connectivity index (χ2v) is 8.78. The highest BCUT2D eigenvalue weighted by Crippen LogP contribution is 2.23. The number of carbonyl (C=O) groups excluding carboxylic acids is 1. The summed E-state index contributed by atoms with van der Waals surface area (Å²) in [7, 11) is 0. The maximum absolute atomic E-state index is 12.5. The Labute approximate surface area is 178 Å². The first-order valence-electron chi connectivity index (χ1n) is 11.3. The molecule has 1 atom stereocenters. The van der Waals surface area contributed by atoms with Crippen LogP contribution >= 0.6 is 0 Å². The zero-order valence-corrected chi connectivity index (χ0v) is 18.4. The van der Waals surface area contributed by atoms with Crippen LogP contribution in [0.2, 0.25) is 0 Å². The molecule has 3 aromatic rings. The van der Waals surface area contributed by atoms with E-state index >= 15 is 0 Å². The molecule has 1 aliphatic rings. The Kier molecular flexibility index (Phi) is 6.32. The molecule has 1 amide bonds. The standard InChI is InChI=1S/C24H33N5O/c1-17(16-28-13-7-4-8-14-28)15-25-23(30)12-11-20-18(2)26-24-21-9-5-6-10-22(21)27-29(24)19(20)3/h5-6,9-10,17H,4,7-8,11-16H2,1-3H3,(H,25,30). The van der Waals surface area contributed by atoms with Crippen molar-refractivity contribution in [3.63, 3.8) is 0 Å². The van der Waals surface area contributed by atoms with Gasteiger partial charge in [-0.15, -0.1) is 0 Å². The molecule has 0 saturated carbocycles. The molecule has 1 N–H and O–H groups in total. The summed E-state index contributed by atoms with van der Waals surface area (Å²) in [5, 5.41) is 8.90. The lowest BCUT2D eigenvalue weighted by atomic mass is 10.1. The van der Waals surface area contributed by atoms with Crippen LogP contribution in [0.1, 0.15) is 49.6 Å². The van der Waals surface area contributed by atoms with Gasteiger partial charge in [-0.2, -0.15) is 5.10 Å². The van der Waals surface area contributed by atoms with Crippen molar-refractivity contribution in [3.05, 3.63) is 41.2 Å². The van der Waals surface area contributed by atoms with Crippen LogP contribution in [0.25, 0.3) is 16.6 Å². The van der Waals surface area contributed by atoms with Gasteiger partial charge in [0.2, 0.25) is 5.91 Å². The van der Waals surface area contributed by atoms with E-state index in [-0.39, 0.29) is 5.91 Å². The molecule has 160 valence electrons. The van der Waals surface area contributed by atoms with Gasteiger partial charge in [-0.05, 0) is 69.8 Å². The predicted octanol–water partition coefficient (Wildman–Crippen LogP) is 3.67. The van der Waals surface area contributed by atoms with E-state index < -0.39 is 0 Å². The molecule has 0 spiro atoms. The van der Waals surface area contributed by atoms with E-state index in [1.807, 2.05) is 29.6 Å². The minimum absolute atomic E-state index is 0.116. The van der Waals surface area contributed by atoms with Gasteiger partial charge in [-0.25, -0.2) is 9.50 Å². The fourth-order valence-electron chi connectivity index (χ4n) is 4.60. The van der Waals surface area contributed by atoms with Crippen LogP contribution in [-0.4, -0.2) is 51.6 Å². The number of aromatic nitrogens is 3. The molecule has 0 radical (unpaired) electrons. The van der Waals surface area contributed by atoms with Crippen LogP contribution in [-0.2, 0) is 11.2 Å². The zero-order valence-electron chi connectivity index (χ0n) is 18.4. The first-order valence-corrected chi connectivity index (χ1v) is 11.3. The molecule has 4 rings (SSSR count). The molecule has 1 saturated heterocycles. The van der Waals surface area contributed by atoms with Crippen molar-refractivity contribution in [2.45, 2.75) is 52.9 Å². The monoisotopic (exact) mass is 407 g/mol. The van der Waals surface area contributed by atoms with E-state index in [2.05, 4.69) is 30.1 Å². The molecule has 0 aliphatic carbocycles. The number of nitrogens with one attached hydrogen (secondary N) is 1. The molecule has 1 aliphatic heterocycles. The first-order chi connectivity index (χ1) is 14.5. The van der Waals surface area contributed by atoms with E-state index in [1.165, 1.54) is 32.4 Å². The maximum atomic E-state index is 12.5. The van der Waals surface area contributed by atoms with E-state index in [0.717, 1.165) is 46.6 Å². The summed E-state index contributed by atoms with van der Waals surface area (Å²) in [6.07, 6.45) is 5.13. The second kappa shape index (κ2) is 9.13. The van der Waals surface area contributed by atoms with E-state index in [1.54, 1.807) is 0 Å². The quantitative estimate of drug-likeness (QED) is 0.649. The van der Waals surface area contributed by atoms with Crippen LogP contribution in [0.5, 0.6) is 0 Å². The SMILES string of the molecule is Cc1nc2c3ccccc3nn2c(C)c1CCC(=O)NCC(C)CN1CCCCC1. The third kappa shape index (κ3) is 4.48. The number of amides is 1. The third-order valence-electron chi connectivity index (χ3n) is 6.29. The lowest BCUT2D eigenvalue weighted by Crippen LogP contribution is -2.38. The van der Waals surface area contributed by atoms with Crippen LogP contribution in [0.4, 0.5) is 0 Å². The average Bonchev–Trinajstić information content (AvgIpc) is 3.12. The smallest absolute Gasteiger partial charge is 0.220 e. The van der Waals surface area contributed by atoms with Crippen LogP contribution in [0.15, 0.2) is 24.3 Å². The number of carbonyl (C=O) groups is 1. The fraction of sp³-hybridized carbons (Fsp3) is 0.542. The van der Waals surface area contributed by atoms with Crippen molar-refractivity contribution in [2.24, 2.45) is 5.92 Å². The van der Waals surface area contributed by atoms with Gasteiger partial charge in [-0.1, -0.05) is 25.5 Å².